The molecule has 3 aliphatic carbocycles. The molecule has 0 aromatic heterocycles. The summed E-state index contributed by atoms with van der Waals surface area (Å²) in [4.78, 5) is 0. The van der Waals surface area contributed by atoms with E-state index in [0.29, 0.717) is 0 Å². The summed E-state index contributed by atoms with van der Waals surface area (Å²) in [5.74, 6) is 0. The highest BCUT2D eigenvalue weighted by Crippen LogP contribution is 2.58. The molecule has 30 rings (SSSR count). The molecule has 0 amide bonds. The average Bonchev–Trinajstić information content (AvgIpc) is 1.53. The molecule has 0 heterocycles. The van der Waals surface area contributed by atoms with Crippen LogP contribution in [0.2, 0.25) is 0 Å². The molecular formula is C144H96. The largest absolute Gasteiger partial charge is 0.0622 e. The lowest BCUT2D eigenvalue weighted by atomic mass is 9.82. The van der Waals surface area contributed by atoms with Gasteiger partial charge in [-0.25, -0.2) is 0 Å². The molecular weight excluding hydrogens is 1730 g/mol. The number of hydrogen-bond acceptors (Lipinski definition) is 0. The summed E-state index contributed by atoms with van der Waals surface area (Å²) in [6, 6.07) is 183. The van der Waals surface area contributed by atoms with Gasteiger partial charge in [-0.05, 0) is 423 Å². The summed E-state index contributed by atoms with van der Waals surface area (Å²) in [5, 5.41) is 31.4. The molecule has 0 atom stereocenters. The summed E-state index contributed by atoms with van der Waals surface area (Å²) in [6.07, 6.45) is 0. The van der Waals surface area contributed by atoms with Crippen LogP contribution in [0, 0.1) is 13.8 Å². The predicted octanol–water partition coefficient (Wildman–Crippen LogP) is 40.8. The Labute approximate surface area is 838 Å². The van der Waals surface area contributed by atoms with E-state index in [-0.39, 0.29) is 5.41 Å². The Hall–Kier alpha value is -17.9. The van der Waals surface area contributed by atoms with Crippen molar-refractivity contribution < 1.29 is 0 Å². The molecule has 27 aromatic carbocycles. The molecule has 0 heteroatoms. The predicted molar refractivity (Wildman–Crippen MR) is 620 cm³/mol. The second-order valence-electron chi connectivity index (χ2n) is 40.7. The number of hydrogen-bond donors (Lipinski definition) is 0. The molecule has 672 valence electrons. The van der Waals surface area contributed by atoms with Gasteiger partial charge in [0.25, 0.3) is 0 Å². The van der Waals surface area contributed by atoms with Gasteiger partial charge in [-0.3, -0.25) is 0 Å². The number of benzene rings is 27. The molecule has 0 saturated carbocycles. The Morgan fingerprint density at radius 1 is 0.111 bits per heavy atom. The first-order valence-corrected chi connectivity index (χ1v) is 50.6. The first kappa shape index (κ1) is 84.2. The van der Waals surface area contributed by atoms with Gasteiger partial charge in [-0.1, -0.05) is 421 Å². The fraction of sp³-hybridized carbons (Fsp3) is 0.0417. The van der Waals surface area contributed by atoms with Gasteiger partial charge in [0.15, 0.2) is 0 Å². The molecule has 0 unspecified atom stereocenters. The minimum absolute atomic E-state index is 0.0581. The Bertz CT molecular complexity index is 9700. The fourth-order valence-corrected chi connectivity index (χ4v) is 24.7. The van der Waals surface area contributed by atoms with Crippen molar-refractivity contribution in [2.45, 2.75) is 40.0 Å². The summed E-state index contributed by atoms with van der Waals surface area (Å²) in [5.41, 5.74) is 42.6. The minimum atomic E-state index is 0.0581. The topological polar surface area (TPSA) is 0 Å². The first-order valence-electron chi connectivity index (χ1n) is 50.6. The van der Waals surface area contributed by atoms with E-state index in [1.807, 2.05) is 0 Å². The molecule has 0 N–H and O–H groups in total. The molecule has 144 heavy (non-hydrogen) atoms. The third-order valence-electron chi connectivity index (χ3n) is 31.6. The standard InChI is InChI=1S/C50H36.2C47H30/c1-50(2,3)48-25-24-37-44-30-47-45(29-43(44)36-20-13-21-38(48)49(36)37)40(33-18-11-6-12-19-33)27-42-35-23-22-34(31-14-7-4-8-15-31)26-41(35)39(28-46(42)47)32-16-9-5-10-17-32;1-29-20-22-37-43-27-44-39(32-16-9-4-10-17-32)25-41-35-23-21-33(30-12-5-2-6-13-30)24-40(35)38(31-14-7-3-8-15-31)26-45(41)46(44)28-42(43)36-19-11-18-34(29)47(36)37;1-29-20-22-37-43-28-46-44(27-42(43)36-19-11-18-34(29)47(36)37)39(32-16-9-4-10-17-32)25-41-35-23-21-33(30-12-5-2-6-13-30)24-40(35)38(26-45(41)46)31-14-7-3-8-15-31/h4-30H,1-3H3;2*2-28H,1H3. The van der Waals surface area contributed by atoms with Crippen LogP contribution in [0.15, 0.2) is 491 Å². The van der Waals surface area contributed by atoms with Gasteiger partial charge in [-0.2, -0.15) is 0 Å². The lowest BCUT2D eigenvalue weighted by Gasteiger charge is -2.22. The van der Waals surface area contributed by atoms with Crippen LogP contribution < -0.4 is 0 Å². The molecule has 0 nitrogen and oxygen atoms in total. The van der Waals surface area contributed by atoms with Gasteiger partial charge in [-0.15, -0.1) is 0 Å². The van der Waals surface area contributed by atoms with Crippen molar-refractivity contribution in [3.63, 3.8) is 0 Å². The zero-order chi connectivity index (χ0) is 95.7. The van der Waals surface area contributed by atoms with Crippen molar-refractivity contribution in [2.24, 2.45) is 0 Å². The lowest BCUT2D eigenvalue weighted by Crippen LogP contribution is -2.11. The van der Waals surface area contributed by atoms with Crippen LogP contribution in [0.3, 0.4) is 0 Å². The third kappa shape index (κ3) is 13.6. The monoisotopic (exact) mass is 1820 g/mol. The van der Waals surface area contributed by atoms with E-state index >= 15 is 0 Å². The zero-order valence-corrected chi connectivity index (χ0v) is 80.8. The van der Waals surface area contributed by atoms with E-state index in [4.69, 9.17) is 0 Å². The molecule has 0 saturated heterocycles. The van der Waals surface area contributed by atoms with Crippen LogP contribution in [0.25, 0.3) is 296 Å². The van der Waals surface area contributed by atoms with Crippen LogP contribution in [0.1, 0.15) is 37.5 Å². The number of aryl methyl sites for hydroxylation is 2. The maximum absolute atomic E-state index is 2.50. The molecule has 0 aliphatic heterocycles. The maximum Gasteiger partial charge on any atom is -0.00234 e. The van der Waals surface area contributed by atoms with Crippen molar-refractivity contribution in [2.75, 3.05) is 0 Å². The molecule has 3 aliphatic rings. The van der Waals surface area contributed by atoms with Crippen LogP contribution in [0.4, 0.5) is 0 Å². The molecule has 0 spiro atoms. The van der Waals surface area contributed by atoms with E-state index in [1.54, 1.807) is 0 Å². The van der Waals surface area contributed by atoms with Crippen molar-refractivity contribution in [3.05, 3.63) is 508 Å². The number of rotatable bonds is 9. The fourth-order valence-electron chi connectivity index (χ4n) is 24.7. The molecule has 0 radical (unpaired) electrons. The smallest absolute Gasteiger partial charge is 0.00234 e. The highest BCUT2D eigenvalue weighted by molar-refractivity contribution is 6.32. The third-order valence-corrected chi connectivity index (χ3v) is 31.6. The van der Waals surface area contributed by atoms with Crippen LogP contribution in [0.5, 0.6) is 0 Å². The summed E-state index contributed by atoms with van der Waals surface area (Å²) in [6.45, 7) is 11.4. The van der Waals surface area contributed by atoms with Gasteiger partial charge in [0.1, 0.15) is 0 Å². The summed E-state index contributed by atoms with van der Waals surface area (Å²) < 4.78 is 0. The van der Waals surface area contributed by atoms with Gasteiger partial charge >= 0.3 is 0 Å². The Morgan fingerprint density at radius 3 is 0.562 bits per heavy atom. The molecule has 0 fully saturated rings. The Kier molecular flexibility index (Phi) is 19.5. The second-order valence-corrected chi connectivity index (χ2v) is 40.7. The molecule has 0 bridgehead atoms. The normalized spacial score (nSPS) is 12.1. The average molecular weight is 1830 g/mol. The van der Waals surface area contributed by atoms with Crippen molar-refractivity contribution in [1.29, 1.82) is 0 Å². The van der Waals surface area contributed by atoms with Crippen LogP contribution in [-0.4, -0.2) is 0 Å². The van der Waals surface area contributed by atoms with Crippen LogP contribution >= 0.6 is 0 Å². The second kappa shape index (κ2) is 33.4. The van der Waals surface area contributed by atoms with Crippen molar-refractivity contribution in [1.82, 2.24) is 0 Å². The highest BCUT2D eigenvalue weighted by atomic mass is 14.4. The summed E-state index contributed by atoms with van der Waals surface area (Å²) in [7, 11) is 0. The van der Waals surface area contributed by atoms with Gasteiger partial charge in [0, 0.05) is 0 Å². The zero-order valence-electron chi connectivity index (χ0n) is 80.8. The maximum atomic E-state index is 2.50. The van der Waals surface area contributed by atoms with E-state index in [1.165, 1.54) is 313 Å². The van der Waals surface area contributed by atoms with E-state index in [9.17, 15) is 0 Å². The van der Waals surface area contributed by atoms with E-state index in [0.717, 1.165) is 0 Å². The van der Waals surface area contributed by atoms with Crippen molar-refractivity contribution >= 4 is 129 Å². The van der Waals surface area contributed by atoms with Crippen LogP contribution in [-0.2, 0) is 5.41 Å². The highest BCUT2D eigenvalue weighted by Gasteiger charge is 2.32. The first-order chi connectivity index (χ1) is 70.9. The lowest BCUT2D eigenvalue weighted by molar-refractivity contribution is 0.596. The SMILES string of the molecule is CC(C)(C)c1ccc2c3c(cccc13)-c1cc3c(-c4ccccc4)cc4c5ccc(-c6ccccc6)cc5c(-c5ccccc5)cc4c3cc1-2.Cc1ccc2c3c(cccc13)-c1cc3c(-c4ccccc4)cc4c5ccc(-c6ccccc6)cc5c(-c5ccccc5)cc4c3cc1-2.Cc1ccc2c3c(cccc13)-c1cc3c(cc1-2)c(-c1ccccc1)cc1c2ccc(-c4ccccc4)cc2c(-c2ccccc2)cc31. The van der Waals surface area contributed by atoms with E-state index in [2.05, 4.69) is 526 Å². The van der Waals surface area contributed by atoms with Gasteiger partial charge in [0.05, 0.1) is 0 Å². The Balaban J connectivity index is 0.000000105. The van der Waals surface area contributed by atoms with Crippen molar-refractivity contribution in [3.8, 4) is 167 Å². The van der Waals surface area contributed by atoms with E-state index < -0.39 is 0 Å². The quantitative estimate of drug-likeness (QED) is 0.126. The number of fused-ring (bicyclic) bond motifs is 24. The summed E-state index contributed by atoms with van der Waals surface area (Å²) >= 11 is 0. The molecule has 27 aromatic rings. The van der Waals surface area contributed by atoms with Gasteiger partial charge < -0.3 is 0 Å². The van der Waals surface area contributed by atoms with Gasteiger partial charge in [0.2, 0.25) is 0 Å². The Morgan fingerprint density at radius 2 is 0.306 bits per heavy atom. The minimum Gasteiger partial charge on any atom is -0.0622 e.